The third-order valence-corrected chi connectivity index (χ3v) is 18.5. The summed E-state index contributed by atoms with van der Waals surface area (Å²) in [4.78, 5) is 123. The molecular formula is C69H81F3N10O12. The highest BCUT2D eigenvalue weighted by molar-refractivity contribution is 6.08. The molecule has 0 aromatic heterocycles. The number of carbonyl (C=O) groups excluding carboxylic acids is 7. The number of likely N-dealkylation sites (N-methyl/N-ethyl adjacent to an activating group) is 1. The van der Waals surface area contributed by atoms with Crippen LogP contribution in [0.1, 0.15) is 106 Å². The highest BCUT2D eigenvalue weighted by Crippen LogP contribution is 2.44. The Balaban J connectivity index is 0.869. The second-order valence-corrected chi connectivity index (χ2v) is 26.3. The van der Waals surface area contributed by atoms with Crippen LogP contribution in [0.4, 0.5) is 45.5 Å². The summed E-state index contributed by atoms with van der Waals surface area (Å²) >= 11 is 0. The Morgan fingerprint density at radius 2 is 1.46 bits per heavy atom. The molecule has 5 aromatic rings. The van der Waals surface area contributed by atoms with Gasteiger partial charge in [0.05, 0.1) is 25.2 Å². The zero-order valence-corrected chi connectivity index (χ0v) is 54.0. The fraction of sp³-hybridized carbons (Fsp3) is 0.449. The number of anilines is 4. The third kappa shape index (κ3) is 15.2. The summed E-state index contributed by atoms with van der Waals surface area (Å²) in [6.07, 6.45) is -0.700. The Labute approximate surface area is 544 Å². The molecule has 0 radical (unpaired) electrons. The van der Waals surface area contributed by atoms with Crippen LogP contribution in [0.5, 0.6) is 0 Å². The molecule has 500 valence electrons. The van der Waals surface area contributed by atoms with Crippen LogP contribution in [0.15, 0.2) is 103 Å². The number of benzene rings is 5. The van der Waals surface area contributed by atoms with Crippen LogP contribution < -0.4 is 26.2 Å². The molecule has 5 aromatic carbocycles. The summed E-state index contributed by atoms with van der Waals surface area (Å²) in [7, 11) is 1.39. The number of carboxylic acid groups (broad SMARTS) is 1. The van der Waals surface area contributed by atoms with Crippen LogP contribution in [0, 0.1) is 23.4 Å². The highest BCUT2D eigenvalue weighted by atomic mass is 19.1. The first-order valence-electron chi connectivity index (χ1n) is 31.6. The van der Waals surface area contributed by atoms with Gasteiger partial charge >= 0.3 is 12.2 Å². The molecule has 5 aliphatic heterocycles. The number of ether oxygens (including phenoxy) is 3. The maximum Gasteiger partial charge on any atom is 0.410 e. The van der Waals surface area contributed by atoms with E-state index in [1.54, 1.807) is 69.0 Å². The summed E-state index contributed by atoms with van der Waals surface area (Å²) in [6, 6.07) is 21.0. The van der Waals surface area contributed by atoms with Gasteiger partial charge in [0.2, 0.25) is 23.6 Å². The van der Waals surface area contributed by atoms with Gasteiger partial charge in [0.25, 0.3) is 11.8 Å². The van der Waals surface area contributed by atoms with Gasteiger partial charge in [-0.2, -0.15) is 0 Å². The standard InChI is InChI=1S/C69H81F3N10O12/c1-40-33-79(51(36-80(40)66(89)90)35-78-26-29-93-38-41(78)2)37-57(83)82-39-69(7,53-23-14-44(31-56(53)82)30-43-12-18-48(70)19-13-43)65(88)74-49-20-15-46(16-21-49)62(85)73-50-22-17-47-34-81(60(52(47)32-50)63(86)76-59-54(71)10-9-11-55(59)72)64(87)58(45-24-27-92-28-25-45)75-61(84)42(3)77(8)67(91)94-68(4,5)6/h9-23,31-32,40-42,45,51,58,60H,24-30,33-39H2,1-8H3,(H,73,85)(H,74,88)(H,75,84)(H,76,86)(H,89,90)/t40?,41-,42+,51?,58+,60+,69?/m1/s1. The molecule has 0 saturated carbocycles. The molecule has 25 heteroatoms. The van der Waals surface area contributed by atoms with Crippen molar-refractivity contribution in [3.05, 3.63) is 154 Å². The summed E-state index contributed by atoms with van der Waals surface area (Å²) in [5, 5.41) is 21.2. The predicted molar refractivity (Wildman–Crippen MR) is 343 cm³/mol. The predicted octanol–water partition coefficient (Wildman–Crippen LogP) is 8.15. The molecule has 0 bridgehead atoms. The van der Waals surface area contributed by atoms with Crippen molar-refractivity contribution in [2.45, 2.75) is 122 Å². The van der Waals surface area contributed by atoms with E-state index < -0.39 is 100 Å². The second-order valence-electron chi connectivity index (χ2n) is 26.3. The van der Waals surface area contributed by atoms with Crippen molar-refractivity contribution in [2.75, 3.05) is 93.6 Å². The minimum Gasteiger partial charge on any atom is -0.465 e. The zero-order valence-electron chi connectivity index (χ0n) is 54.0. The number of rotatable bonds is 17. The Morgan fingerprint density at radius 1 is 0.777 bits per heavy atom. The van der Waals surface area contributed by atoms with E-state index in [4.69, 9.17) is 14.2 Å². The summed E-state index contributed by atoms with van der Waals surface area (Å²) in [5.41, 5.74) is 1.19. The molecule has 0 spiro atoms. The van der Waals surface area contributed by atoms with Crippen LogP contribution in [0.3, 0.4) is 0 Å². The maximum atomic E-state index is 15.2. The average molecular weight is 1300 g/mol. The van der Waals surface area contributed by atoms with E-state index in [2.05, 4.69) is 33.1 Å². The van der Waals surface area contributed by atoms with E-state index in [1.165, 1.54) is 54.1 Å². The monoisotopic (exact) mass is 1300 g/mol. The van der Waals surface area contributed by atoms with Gasteiger partial charge in [-0.3, -0.25) is 43.5 Å². The van der Waals surface area contributed by atoms with Crippen LogP contribution in [0.2, 0.25) is 0 Å². The largest absolute Gasteiger partial charge is 0.465 e. The number of halogens is 3. The minimum atomic E-state index is -1.54. The van der Waals surface area contributed by atoms with Gasteiger partial charge < -0.3 is 55.3 Å². The Kier molecular flexibility index (Phi) is 20.5. The maximum absolute atomic E-state index is 15.2. The lowest BCUT2D eigenvalue weighted by Gasteiger charge is -2.47. The molecule has 8 amide bonds. The van der Waals surface area contributed by atoms with Crippen molar-refractivity contribution >= 4 is 70.4 Å². The first-order valence-corrected chi connectivity index (χ1v) is 31.6. The van der Waals surface area contributed by atoms with Gasteiger partial charge in [-0.1, -0.05) is 36.4 Å². The van der Waals surface area contributed by atoms with E-state index in [-0.39, 0.29) is 80.0 Å². The van der Waals surface area contributed by atoms with Crippen molar-refractivity contribution in [1.29, 1.82) is 0 Å². The molecule has 94 heavy (non-hydrogen) atoms. The first kappa shape index (κ1) is 68.0. The number of para-hydroxylation sites is 1. The minimum absolute atomic E-state index is 0.0416. The van der Waals surface area contributed by atoms with Crippen molar-refractivity contribution in [3.63, 3.8) is 0 Å². The fourth-order valence-electron chi connectivity index (χ4n) is 13.0. The third-order valence-electron chi connectivity index (χ3n) is 18.5. The molecule has 10 rings (SSSR count). The van der Waals surface area contributed by atoms with Gasteiger partial charge in [0.15, 0.2) is 0 Å². The van der Waals surface area contributed by atoms with Gasteiger partial charge in [-0.05, 0) is 168 Å². The van der Waals surface area contributed by atoms with Gasteiger partial charge in [-0.15, -0.1) is 0 Å². The topological polar surface area (TPSA) is 252 Å². The van der Waals surface area contributed by atoms with E-state index in [1.807, 2.05) is 30.0 Å². The number of fused-ring (bicyclic) bond motifs is 2. The van der Waals surface area contributed by atoms with Gasteiger partial charge in [0, 0.05) is 100 Å². The fourth-order valence-corrected chi connectivity index (χ4v) is 13.0. The number of piperazine rings is 1. The molecular weight excluding hydrogens is 1220 g/mol. The first-order chi connectivity index (χ1) is 44.7. The molecule has 0 aliphatic carbocycles. The lowest BCUT2D eigenvalue weighted by Crippen LogP contribution is -2.64. The van der Waals surface area contributed by atoms with Crippen molar-refractivity contribution < 1.29 is 70.8 Å². The van der Waals surface area contributed by atoms with Crippen LogP contribution in [0.25, 0.3) is 0 Å². The van der Waals surface area contributed by atoms with Gasteiger partial charge in [-0.25, -0.2) is 22.8 Å². The molecule has 5 N–H and O–H groups in total. The molecule has 22 nitrogen and oxygen atoms in total. The molecule has 7 atom stereocenters. The van der Waals surface area contributed by atoms with E-state index in [9.17, 15) is 43.1 Å². The molecule has 3 unspecified atom stereocenters. The summed E-state index contributed by atoms with van der Waals surface area (Å²) in [5.74, 6) is -6.71. The Hall–Kier alpha value is -8.91. The lowest BCUT2D eigenvalue weighted by atomic mass is 9.83. The molecule has 5 heterocycles. The number of amides is 8. The number of hydrogen-bond acceptors (Lipinski definition) is 13. The smallest absolute Gasteiger partial charge is 0.410 e. The number of morpholine rings is 1. The number of hydrogen-bond donors (Lipinski definition) is 5. The van der Waals surface area contributed by atoms with E-state index in [0.29, 0.717) is 74.6 Å². The van der Waals surface area contributed by atoms with Crippen molar-refractivity contribution in [2.24, 2.45) is 5.92 Å². The van der Waals surface area contributed by atoms with Crippen molar-refractivity contribution in [1.82, 2.24) is 29.8 Å². The average Bonchev–Trinajstić information content (AvgIpc) is 1.59. The van der Waals surface area contributed by atoms with Crippen LogP contribution in [-0.4, -0.2) is 186 Å². The molecule has 5 aliphatic rings. The second kappa shape index (κ2) is 28.4. The molecule has 3 fully saturated rings. The van der Waals surface area contributed by atoms with E-state index >= 15 is 13.6 Å². The van der Waals surface area contributed by atoms with Crippen LogP contribution >= 0.6 is 0 Å². The number of nitrogens with one attached hydrogen (secondary N) is 4. The normalized spacial score (nSPS) is 21.5. The SMILES string of the molecule is CC1CN(CC(=O)N2CC(C)(C(=O)Nc3ccc(C(=O)Nc4ccc5c(c4)[C@@H](C(=O)Nc4c(F)cccc4F)N(C(=O)[C@@H](NC(=O)[C@H](C)N(C)C(=O)OC(C)(C)C)C4CCOCC4)C5)cc3)c3ccc(Cc4ccc(F)cc4)cc32)C(CN2CCOC[C@H]2C)CN1C(=O)O. The van der Waals surface area contributed by atoms with Crippen LogP contribution in [-0.2, 0) is 56.6 Å². The lowest BCUT2D eigenvalue weighted by molar-refractivity contribution is -0.144. The zero-order chi connectivity index (χ0) is 67.5. The number of carbonyl (C=O) groups is 8. The quantitative estimate of drug-likeness (QED) is 0.0589. The summed E-state index contributed by atoms with van der Waals surface area (Å²) in [6.45, 7) is 15.1. The summed E-state index contributed by atoms with van der Waals surface area (Å²) < 4.78 is 61.1. The highest BCUT2D eigenvalue weighted by Gasteiger charge is 2.49. The Morgan fingerprint density at radius 3 is 2.13 bits per heavy atom. The van der Waals surface area contributed by atoms with Crippen molar-refractivity contribution in [3.8, 4) is 0 Å². The molecule has 3 saturated heterocycles. The van der Waals surface area contributed by atoms with Gasteiger partial charge in [0.1, 0.15) is 46.9 Å². The Bertz CT molecular complexity index is 3680. The van der Waals surface area contributed by atoms with E-state index in [0.717, 1.165) is 34.2 Å². The number of nitrogens with zero attached hydrogens (tertiary/aromatic N) is 6.